The summed E-state index contributed by atoms with van der Waals surface area (Å²) < 4.78 is 0. The molecule has 1 nitrogen and oxygen atoms in total. The monoisotopic (exact) mass is 449 g/mol. The molecular formula is C31H61O. The van der Waals surface area contributed by atoms with Gasteiger partial charge in [-0.05, 0) is 12.8 Å². The Bertz CT molecular complexity index is 337. The van der Waals surface area contributed by atoms with Crippen LogP contribution in [0.15, 0.2) is 0 Å². The molecule has 191 valence electrons. The SMILES string of the molecule is CCCCCCCCCCCCCCCCCC([C]=O)CCCCCCCCCCCC. The zero-order chi connectivity index (χ0) is 23.4. The van der Waals surface area contributed by atoms with Gasteiger partial charge in [0.05, 0.1) is 0 Å². The van der Waals surface area contributed by atoms with Gasteiger partial charge in [0.25, 0.3) is 0 Å². The van der Waals surface area contributed by atoms with E-state index in [4.69, 9.17) is 0 Å². The second kappa shape index (κ2) is 28.7. The quantitative estimate of drug-likeness (QED) is 0.108. The summed E-state index contributed by atoms with van der Waals surface area (Å²) >= 11 is 0. The third-order valence-corrected chi connectivity index (χ3v) is 7.23. The molecule has 0 spiro atoms. The minimum absolute atomic E-state index is 0.214. The van der Waals surface area contributed by atoms with Crippen molar-refractivity contribution in [1.29, 1.82) is 0 Å². The van der Waals surface area contributed by atoms with Crippen LogP contribution in [-0.4, -0.2) is 6.29 Å². The van der Waals surface area contributed by atoms with Gasteiger partial charge < -0.3 is 0 Å². The Balaban J connectivity index is 3.26. The van der Waals surface area contributed by atoms with Crippen LogP contribution in [0.1, 0.15) is 187 Å². The zero-order valence-corrected chi connectivity index (χ0v) is 22.6. The number of unbranched alkanes of at least 4 members (excludes halogenated alkanes) is 23. The van der Waals surface area contributed by atoms with Crippen LogP contribution in [0.25, 0.3) is 0 Å². The van der Waals surface area contributed by atoms with Crippen molar-refractivity contribution in [1.82, 2.24) is 0 Å². The van der Waals surface area contributed by atoms with E-state index in [1.807, 2.05) is 0 Å². The summed E-state index contributed by atoms with van der Waals surface area (Å²) in [7, 11) is 0. The van der Waals surface area contributed by atoms with Crippen LogP contribution in [0.3, 0.4) is 0 Å². The molecule has 0 N–H and O–H groups in total. The second-order valence-corrected chi connectivity index (χ2v) is 10.5. The van der Waals surface area contributed by atoms with E-state index in [-0.39, 0.29) is 5.92 Å². The molecule has 0 aromatic heterocycles. The van der Waals surface area contributed by atoms with Gasteiger partial charge in [-0.1, -0.05) is 174 Å². The summed E-state index contributed by atoms with van der Waals surface area (Å²) in [6.07, 6.45) is 39.3. The molecule has 0 saturated carbocycles. The fourth-order valence-corrected chi connectivity index (χ4v) is 4.90. The topological polar surface area (TPSA) is 17.1 Å². The predicted molar refractivity (Wildman–Crippen MR) is 145 cm³/mol. The Kier molecular flexibility index (Phi) is 28.4. The normalized spacial score (nSPS) is 12.3. The van der Waals surface area contributed by atoms with Gasteiger partial charge in [-0.25, -0.2) is 0 Å². The molecule has 0 aliphatic rings. The van der Waals surface area contributed by atoms with E-state index in [1.165, 1.54) is 161 Å². The molecule has 0 rings (SSSR count). The molecule has 0 heterocycles. The molecule has 0 saturated heterocycles. The van der Waals surface area contributed by atoms with Crippen molar-refractivity contribution < 1.29 is 4.79 Å². The largest absolute Gasteiger partial charge is 0.291 e. The first-order valence-corrected chi connectivity index (χ1v) is 15.2. The molecule has 1 unspecified atom stereocenters. The van der Waals surface area contributed by atoms with Gasteiger partial charge in [-0.3, -0.25) is 4.79 Å². The van der Waals surface area contributed by atoms with E-state index in [9.17, 15) is 4.79 Å². The Morgan fingerprint density at radius 1 is 0.375 bits per heavy atom. The lowest BCUT2D eigenvalue weighted by Crippen LogP contribution is -2.02. The van der Waals surface area contributed by atoms with Crippen molar-refractivity contribution in [2.75, 3.05) is 0 Å². The van der Waals surface area contributed by atoms with E-state index >= 15 is 0 Å². The molecule has 0 aromatic rings. The summed E-state index contributed by atoms with van der Waals surface area (Å²) in [5.74, 6) is 0.214. The fraction of sp³-hybridized carbons (Fsp3) is 0.968. The van der Waals surface area contributed by atoms with Crippen molar-refractivity contribution >= 4 is 6.29 Å². The van der Waals surface area contributed by atoms with Crippen molar-refractivity contribution in [2.24, 2.45) is 5.92 Å². The van der Waals surface area contributed by atoms with Gasteiger partial charge in [-0.2, -0.15) is 0 Å². The first-order chi connectivity index (χ1) is 15.8. The van der Waals surface area contributed by atoms with Crippen molar-refractivity contribution in [2.45, 2.75) is 187 Å². The standard InChI is InChI=1S/C31H61O/c1-3-5-7-9-11-13-15-16-17-18-19-21-23-25-27-29-31(30-32)28-26-24-22-20-14-12-10-8-6-4-2/h31H,3-29H2,1-2H3. The van der Waals surface area contributed by atoms with Crippen LogP contribution in [0.4, 0.5) is 0 Å². The second-order valence-electron chi connectivity index (χ2n) is 10.5. The highest BCUT2D eigenvalue weighted by atomic mass is 16.1. The minimum Gasteiger partial charge on any atom is -0.291 e. The van der Waals surface area contributed by atoms with Gasteiger partial charge in [0, 0.05) is 5.92 Å². The van der Waals surface area contributed by atoms with Crippen LogP contribution in [0.2, 0.25) is 0 Å². The van der Waals surface area contributed by atoms with E-state index in [1.54, 1.807) is 0 Å². The number of hydrogen-bond donors (Lipinski definition) is 0. The maximum atomic E-state index is 11.3. The van der Waals surface area contributed by atoms with E-state index < -0.39 is 0 Å². The maximum absolute atomic E-state index is 11.3. The Morgan fingerprint density at radius 2 is 0.594 bits per heavy atom. The lowest BCUT2D eigenvalue weighted by molar-refractivity contribution is 0.448. The Morgan fingerprint density at radius 3 is 0.812 bits per heavy atom. The third kappa shape index (κ3) is 25.9. The number of hydrogen-bond acceptors (Lipinski definition) is 1. The first kappa shape index (κ1) is 31.7. The average molecular weight is 450 g/mol. The van der Waals surface area contributed by atoms with Crippen LogP contribution in [-0.2, 0) is 4.79 Å². The van der Waals surface area contributed by atoms with Gasteiger partial charge in [-0.15, -0.1) is 0 Å². The summed E-state index contributed by atoms with van der Waals surface area (Å²) in [5.41, 5.74) is 0. The van der Waals surface area contributed by atoms with E-state index in [2.05, 4.69) is 20.1 Å². The lowest BCUT2D eigenvalue weighted by atomic mass is 9.95. The first-order valence-electron chi connectivity index (χ1n) is 15.2. The van der Waals surface area contributed by atoms with Crippen LogP contribution >= 0.6 is 0 Å². The number of carbonyl (C=O) groups excluding carboxylic acids is 1. The smallest absolute Gasteiger partial charge is 0.201 e. The molecule has 0 amide bonds. The minimum atomic E-state index is 0.214. The van der Waals surface area contributed by atoms with Crippen molar-refractivity contribution in [3.8, 4) is 0 Å². The molecule has 0 aliphatic carbocycles. The lowest BCUT2D eigenvalue weighted by Gasteiger charge is -2.09. The third-order valence-electron chi connectivity index (χ3n) is 7.23. The molecule has 32 heavy (non-hydrogen) atoms. The van der Waals surface area contributed by atoms with Gasteiger partial charge >= 0.3 is 0 Å². The molecule has 1 radical (unpaired) electrons. The van der Waals surface area contributed by atoms with E-state index in [0.29, 0.717) is 0 Å². The van der Waals surface area contributed by atoms with Crippen molar-refractivity contribution in [3.63, 3.8) is 0 Å². The maximum Gasteiger partial charge on any atom is 0.201 e. The molecule has 0 fully saturated rings. The van der Waals surface area contributed by atoms with Crippen LogP contribution in [0.5, 0.6) is 0 Å². The molecular weight excluding hydrogens is 388 g/mol. The van der Waals surface area contributed by atoms with Crippen molar-refractivity contribution in [3.05, 3.63) is 0 Å². The summed E-state index contributed by atoms with van der Waals surface area (Å²) in [6.45, 7) is 4.57. The molecule has 0 bridgehead atoms. The molecule has 1 atom stereocenters. The molecule has 1 heteroatoms. The summed E-state index contributed by atoms with van der Waals surface area (Å²) in [5, 5.41) is 0. The zero-order valence-electron chi connectivity index (χ0n) is 22.6. The van der Waals surface area contributed by atoms with Crippen LogP contribution in [0, 0.1) is 5.92 Å². The fourth-order valence-electron chi connectivity index (χ4n) is 4.90. The van der Waals surface area contributed by atoms with Crippen LogP contribution < -0.4 is 0 Å². The highest BCUT2D eigenvalue weighted by Crippen LogP contribution is 2.19. The highest BCUT2D eigenvalue weighted by Gasteiger charge is 2.08. The molecule has 0 aliphatic heterocycles. The van der Waals surface area contributed by atoms with Gasteiger partial charge in [0.2, 0.25) is 6.29 Å². The van der Waals surface area contributed by atoms with E-state index in [0.717, 1.165) is 12.8 Å². The highest BCUT2D eigenvalue weighted by molar-refractivity contribution is 5.54. The van der Waals surface area contributed by atoms with Gasteiger partial charge in [0.15, 0.2) is 0 Å². The predicted octanol–water partition coefficient (Wildman–Crippen LogP) is 11.3. The number of rotatable bonds is 28. The summed E-state index contributed by atoms with van der Waals surface area (Å²) in [6, 6.07) is 0. The van der Waals surface area contributed by atoms with Gasteiger partial charge in [0.1, 0.15) is 0 Å². The molecule has 0 aromatic carbocycles. The Hall–Kier alpha value is -0.330. The average Bonchev–Trinajstić information content (AvgIpc) is 2.81. The Labute approximate surface area is 204 Å². The summed E-state index contributed by atoms with van der Waals surface area (Å²) in [4.78, 5) is 11.3.